The summed E-state index contributed by atoms with van der Waals surface area (Å²) in [5.41, 5.74) is 5.66. The Morgan fingerprint density at radius 2 is 2.00 bits per heavy atom. The minimum absolute atomic E-state index is 0.197. The van der Waals surface area contributed by atoms with E-state index in [0.29, 0.717) is 0 Å². The minimum Gasteiger partial charge on any atom is -0.368 e. The van der Waals surface area contributed by atoms with Crippen LogP contribution in [0.4, 0.5) is 0 Å². The lowest BCUT2D eigenvalue weighted by molar-refractivity contribution is -0.120. The summed E-state index contributed by atoms with van der Waals surface area (Å²) in [5.74, 6) is -0.248. The van der Waals surface area contributed by atoms with Crippen LogP contribution in [0.3, 0.4) is 0 Å². The second-order valence-corrected chi connectivity index (χ2v) is 6.00. The van der Waals surface area contributed by atoms with Gasteiger partial charge in [0.25, 0.3) is 0 Å². The Kier molecular flexibility index (Phi) is 7.39. The van der Waals surface area contributed by atoms with Gasteiger partial charge in [-0.3, -0.25) is 4.79 Å². The number of primary amides is 1. The molecule has 0 aromatic rings. The molecule has 4 heteroatoms. The Morgan fingerprint density at radius 3 is 2.41 bits per heavy atom. The molecule has 102 valence electrons. The zero-order chi connectivity index (χ0) is 13.5. The Balaban J connectivity index is 3.99. The van der Waals surface area contributed by atoms with Crippen molar-refractivity contribution in [2.24, 2.45) is 11.1 Å². The molecule has 0 rings (SSSR count). The molecule has 0 bridgehead atoms. The fraction of sp³-hybridized carbons (Fsp3) is 0.923. The molecule has 0 aliphatic carbocycles. The predicted octanol–water partition coefficient (Wildman–Crippen LogP) is 1.21. The molecule has 0 spiro atoms. The van der Waals surface area contributed by atoms with Crippen LogP contribution in [0.5, 0.6) is 0 Å². The van der Waals surface area contributed by atoms with E-state index in [-0.39, 0.29) is 17.4 Å². The SMILES string of the molecule is CCCNC(CCN(C)CC(C)(C)C)C(N)=O. The highest BCUT2D eigenvalue weighted by atomic mass is 16.1. The van der Waals surface area contributed by atoms with Crippen LogP contribution >= 0.6 is 0 Å². The molecule has 4 nitrogen and oxygen atoms in total. The molecule has 1 atom stereocenters. The second kappa shape index (κ2) is 7.67. The zero-order valence-corrected chi connectivity index (χ0v) is 12.0. The third kappa shape index (κ3) is 9.12. The maximum absolute atomic E-state index is 11.2. The van der Waals surface area contributed by atoms with E-state index in [2.05, 4.69) is 45.0 Å². The number of hydrogen-bond donors (Lipinski definition) is 2. The Labute approximate surface area is 106 Å². The highest BCUT2D eigenvalue weighted by Gasteiger charge is 2.17. The number of hydrogen-bond acceptors (Lipinski definition) is 3. The molecule has 0 aliphatic heterocycles. The zero-order valence-electron chi connectivity index (χ0n) is 12.0. The van der Waals surface area contributed by atoms with E-state index < -0.39 is 0 Å². The number of nitrogens with two attached hydrogens (primary N) is 1. The van der Waals surface area contributed by atoms with E-state index in [1.54, 1.807) is 0 Å². The van der Waals surface area contributed by atoms with Crippen LogP contribution in [-0.2, 0) is 4.79 Å². The fourth-order valence-electron chi connectivity index (χ4n) is 1.90. The van der Waals surface area contributed by atoms with Crippen molar-refractivity contribution in [3.63, 3.8) is 0 Å². The largest absolute Gasteiger partial charge is 0.368 e. The molecule has 0 saturated carbocycles. The number of rotatable bonds is 8. The summed E-state index contributed by atoms with van der Waals surface area (Å²) in [6, 6.07) is -0.197. The van der Waals surface area contributed by atoms with E-state index in [0.717, 1.165) is 32.5 Å². The molecule has 0 aliphatic rings. The average molecular weight is 243 g/mol. The van der Waals surface area contributed by atoms with Crippen LogP contribution in [-0.4, -0.2) is 43.5 Å². The molecular weight excluding hydrogens is 214 g/mol. The summed E-state index contributed by atoms with van der Waals surface area (Å²) < 4.78 is 0. The molecule has 0 aromatic carbocycles. The van der Waals surface area contributed by atoms with E-state index in [9.17, 15) is 4.79 Å². The summed E-state index contributed by atoms with van der Waals surface area (Å²) in [7, 11) is 2.09. The summed E-state index contributed by atoms with van der Waals surface area (Å²) >= 11 is 0. The van der Waals surface area contributed by atoms with Crippen LogP contribution in [0.15, 0.2) is 0 Å². The summed E-state index contributed by atoms with van der Waals surface area (Å²) in [4.78, 5) is 13.5. The van der Waals surface area contributed by atoms with Crippen molar-refractivity contribution in [2.45, 2.75) is 46.6 Å². The van der Waals surface area contributed by atoms with Gasteiger partial charge >= 0.3 is 0 Å². The van der Waals surface area contributed by atoms with Gasteiger partial charge in [-0.1, -0.05) is 27.7 Å². The molecule has 17 heavy (non-hydrogen) atoms. The standard InChI is InChI=1S/C13H29N3O/c1-6-8-15-11(12(14)17)7-9-16(5)10-13(2,3)4/h11,15H,6-10H2,1-5H3,(H2,14,17). The number of nitrogens with zero attached hydrogens (tertiary/aromatic N) is 1. The van der Waals surface area contributed by atoms with Crippen LogP contribution in [0.25, 0.3) is 0 Å². The van der Waals surface area contributed by atoms with Gasteiger partial charge in [0.2, 0.25) is 5.91 Å². The molecule has 0 radical (unpaired) electrons. The first-order valence-electron chi connectivity index (χ1n) is 6.47. The lowest BCUT2D eigenvalue weighted by Gasteiger charge is -2.27. The van der Waals surface area contributed by atoms with Gasteiger partial charge in [-0.2, -0.15) is 0 Å². The van der Waals surface area contributed by atoms with E-state index >= 15 is 0 Å². The highest BCUT2D eigenvalue weighted by molar-refractivity contribution is 5.79. The van der Waals surface area contributed by atoms with E-state index in [1.807, 2.05) is 0 Å². The Hall–Kier alpha value is -0.610. The molecule has 0 heterocycles. The Morgan fingerprint density at radius 1 is 1.41 bits per heavy atom. The molecule has 1 amide bonds. The van der Waals surface area contributed by atoms with Crippen molar-refractivity contribution in [1.82, 2.24) is 10.2 Å². The van der Waals surface area contributed by atoms with Crippen molar-refractivity contribution in [2.75, 3.05) is 26.7 Å². The van der Waals surface area contributed by atoms with Crippen LogP contribution < -0.4 is 11.1 Å². The van der Waals surface area contributed by atoms with Gasteiger partial charge in [0, 0.05) is 6.54 Å². The molecular formula is C13H29N3O. The minimum atomic E-state index is -0.248. The van der Waals surface area contributed by atoms with Crippen molar-refractivity contribution in [3.05, 3.63) is 0 Å². The van der Waals surface area contributed by atoms with Gasteiger partial charge in [-0.25, -0.2) is 0 Å². The third-order valence-corrected chi connectivity index (χ3v) is 2.53. The normalized spacial score (nSPS) is 14.0. The smallest absolute Gasteiger partial charge is 0.234 e. The van der Waals surface area contributed by atoms with Gasteiger partial charge in [0.05, 0.1) is 6.04 Å². The maximum Gasteiger partial charge on any atom is 0.234 e. The molecule has 3 N–H and O–H groups in total. The number of carbonyl (C=O) groups excluding carboxylic acids is 1. The Bertz CT molecular complexity index is 223. The van der Waals surface area contributed by atoms with Gasteiger partial charge in [-0.15, -0.1) is 0 Å². The lowest BCUT2D eigenvalue weighted by atomic mass is 9.96. The summed E-state index contributed by atoms with van der Waals surface area (Å²) in [5, 5.41) is 3.19. The molecule has 1 unspecified atom stereocenters. The van der Waals surface area contributed by atoms with Gasteiger partial charge in [0.1, 0.15) is 0 Å². The van der Waals surface area contributed by atoms with Crippen molar-refractivity contribution in [3.8, 4) is 0 Å². The maximum atomic E-state index is 11.2. The third-order valence-electron chi connectivity index (χ3n) is 2.53. The number of amides is 1. The first kappa shape index (κ1) is 16.4. The van der Waals surface area contributed by atoms with Crippen molar-refractivity contribution < 1.29 is 4.79 Å². The van der Waals surface area contributed by atoms with Crippen molar-refractivity contribution in [1.29, 1.82) is 0 Å². The second-order valence-electron chi connectivity index (χ2n) is 6.00. The quantitative estimate of drug-likeness (QED) is 0.673. The monoisotopic (exact) mass is 243 g/mol. The van der Waals surface area contributed by atoms with Crippen LogP contribution in [0.1, 0.15) is 40.5 Å². The van der Waals surface area contributed by atoms with E-state index in [1.165, 1.54) is 0 Å². The van der Waals surface area contributed by atoms with Gasteiger partial charge < -0.3 is 16.0 Å². The first-order chi connectivity index (χ1) is 7.76. The van der Waals surface area contributed by atoms with Gasteiger partial charge in [0.15, 0.2) is 0 Å². The summed E-state index contributed by atoms with van der Waals surface area (Å²) in [6.45, 7) is 11.5. The summed E-state index contributed by atoms with van der Waals surface area (Å²) in [6.07, 6.45) is 1.80. The average Bonchev–Trinajstić information content (AvgIpc) is 2.14. The number of nitrogens with one attached hydrogen (secondary N) is 1. The predicted molar refractivity (Wildman–Crippen MR) is 72.8 cm³/mol. The molecule has 0 saturated heterocycles. The fourth-order valence-corrected chi connectivity index (χ4v) is 1.90. The topological polar surface area (TPSA) is 58.4 Å². The van der Waals surface area contributed by atoms with Crippen LogP contribution in [0, 0.1) is 5.41 Å². The highest BCUT2D eigenvalue weighted by Crippen LogP contribution is 2.14. The molecule has 0 aromatic heterocycles. The van der Waals surface area contributed by atoms with Gasteiger partial charge in [-0.05, 0) is 38.4 Å². The van der Waals surface area contributed by atoms with Crippen molar-refractivity contribution >= 4 is 5.91 Å². The molecule has 0 fully saturated rings. The van der Waals surface area contributed by atoms with Crippen LogP contribution in [0.2, 0.25) is 0 Å². The first-order valence-corrected chi connectivity index (χ1v) is 6.47. The number of carbonyl (C=O) groups is 1. The lowest BCUT2D eigenvalue weighted by Crippen LogP contribution is -2.44. The van der Waals surface area contributed by atoms with E-state index in [4.69, 9.17) is 5.73 Å².